The lowest BCUT2D eigenvalue weighted by Gasteiger charge is -2.39. The van der Waals surface area contributed by atoms with Crippen LogP contribution in [0.4, 0.5) is 0 Å². The second-order valence-corrected chi connectivity index (χ2v) is 6.41. The quantitative estimate of drug-likeness (QED) is 0.790. The van der Waals surface area contributed by atoms with Crippen LogP contribution < -0.4 is 5.32 Å². The van der Waals surface area contributed by atoms with Crippen LogP contribution in [0.15, 0.2) is 0 Å². The van der Waals surface area contributed by atoms with Gasteiger partial charge in [0.1, 0.15) is 0 Å². The monoisotopic (exact) mass is 297 g/mol. The van der Waals surface area contributed by atoms with Crippen molar-refractivity contribution in [2.24, 2.45) is 11.3 Å². The van der Waals surface area contributed by atoms with Gasteiger partial charge in [-0.15, -0.1) is 0 Å². The molecule has 2 fully saturated rings. The van der Waals surface area contributed by atoms with Gasteiger partial charge in [-0.3, -0.25) is 9.59 Å². The summed E-state index contributed by atoms with van der Waals surface area (Å²) in [6.45, 7) is 8.37. The Labute approximate surface area is 126 Å². The third-order valence-electron chi connectivity index (χ3n) is 4.49. The first kappa shape index (κ1) is 16.2. The minimum absolute atomic E-state index is 0.0196. The molecule has 2 aliphatic rings. The van der Waals surface area contributed by atoms with Crippen molar-refractivity contribution in [3.63, 3.8) is 0 Å². The molecule has 2 heterocycles. The zero-order valence-corrected chi connectivity index (χ0v) is 13.4. The molecular formula is C15H27N3O3. The molecular weight excluding hydrogens is 270 g/mol. The van der Waals surface area contributed by atoms with Crippen molar-refractivity contribution >= 4 is 11.8 Å². The van der Waals surface area contributed by atoms with Crippen LogP contribution in [-0.2, 0) is 14.3 Å². The summed E-state index contributed by atoms with van der Waals surface area (Å²) in [5.74, 6) is 0.369. The highest BCUT2D eigenvalue weighted by atomic mass is 16.5. The third kappa shape index (κ3) is 3.37. The van der Waals surface area contributed by atoms with Crippen LogP contribution >= 0.6 is 0 Å². The molecule has 1 N–H and O–H groups in total. The molecule has 1 atom stereocenters. The Balaban J connectivity index is 1.95. The molecule has 0 aromatic carbocycles. The molecule has 0 aromatic heterocycles. The molecule has 6 nitrogen and oxygen atoms in total. The molecule has 2 rings (SSSR count). The first-order valence-electron chi connectivity index (χ1n) is 7.78. The Bertz CT molecular complexity index is 384. The van der Waals surface area contributed by atoms with Crippen molar-refractivity contribution in [1.82, 2.24) is 15.1 Å². The molecule has 0 bridgehead atoms. The first-order chi connectivity index (χ1) is 10.00. The molecule has 2 saturated heterocycles. The lowest BCUT2D eigenvalue weighted by atomic mass is 9.86. The molecule has 0 saturated carbocycles. The zero-order valence-electron chi connectivity index (χ0n) is 13.4. The van der Waals surface area contributed by atoms with Gasteiger partial charge in [0.05, 0.1) is 12.0 Å². The van der Waals surface area contributed by atoms with Gasteiger partial charge in [0.25, 0.3) is 0 Å². The Morgan fingerprint density at radius 1 is 1.19 bits per heavy atom. The Morgan fingerprint density at radius 3 is 2.29 bits per heavy atom. The molecule has 21 heavy (non-hydrogen) atoms. The molecule has 1 unspecified atom stereocenters. The summed E-state index contributed by atoms with van der Waals surface area (Å²) in [6.07, 6.45) is 0.824. The topological polar surface area (TPSA) is 61.9 Å². The minimum Gasteiger partial charge on any atom is -0.384 e. The third-order valence-corrected chi connectivity index (χ3v) is 4.49. The SMILES string of the molecule is COCC1(C(=O)N2CCN(C(=O)C(C)C)CC2)CCNC1. The van der Waals surface area contributed by atoms with Crippen LogP contribution in [-0.4, -0.2) is 74.6 Å². The molecule has 120 valence electrons. The second-order valence-electron chi connectivity index (χ2n) is 6.41. The predicted molar refractivity (Wildman–Crippen MR) is 79.8 cm³/mol. The summed E-state index contributed by atoms with van der Waals surface area (Å²) >= 11 is 0. The maximum absolute atomic E-state index is 12.8. The van der Waals surface area contributed by atoms with E-state index in [-0.39, 0.29) is 17.7 Å². The van der Waals surface area contributed by atoms with Gasteiger partial charge in [-0.05, 0) is 13.0 Å². The maximum atomic E-state index is 12.8. The molecule has 2 amide bonds. The van der Waals surface area contributed by atoms with Gasteiger partial charge < -0.3 is 19.9 Å². The number of nitrogens with one attached hydrogen (secondary N) is 1. The highest BCUT2D eigenvalue weighted by Gasteiger charge is 2.44. The highest BCUT2D eigenvalue weighted by Crippen LogP contribution is 2.29. The number of piperazine rings is 1. The number of amides is 2. The lowest BCUT2D eigenvalue weighted by molar-refractivity contribution is -0.149. The largest absolute Gasteiger partial charge is 0.384 e. The summed E-state index contributed by atoms with van der Waals surface area (Å²) in [4.78, 5) is 28.6. The Hall–Kier alpha value is -1.14. The fraction of sp³-hybridized carbons (Fsp3) is 0.867. The summed E-state index contributed by atoms with van der Waals surface area (Å²) in [5.41, 5.74) is -0.418. The van der Waals surface area contributed by atoms with E-state index in [2.05, 4.69) is 5.32 Å². The fourth-order valence-corrected chi connectivity index (χ4v) is 3.22. The maximum Gasteiger partial charge on any atom is 0.232 e. The molecule has 0 radical (unpaired) electrons. The highest BCUT2D eigenvalue weighted by molar-refractivity contribution is 5.84. The smallest absolute Gasteiger partial charge is 0.232 e. The second kappa shape index (κ2) is 6.75. The molecule has 0 spiro atoms. The summed E-state index contributed by atoms with van der Waals surface area (Å²) in [6, 6.07) is 0. The fourth-order valence-electron chi connectivity index (χ4n) is 3.22. The number of rotatable bonds is 4. The number of carbonyl (C=O) groups excluding carboxylic acids is 2. The van der Waals surface area contributed by atoms with Crippen molar-refractivity contribution in [2.75, 3.05) is 53.0 Å². The number of methoxy groups -OCH3 is 1. The Kier molecular flexibility index (Phi) is 5.22. The number of ether oxygens (including phenoxy) is 1. The predicted octanol–water partition coefficient (Wildman–Crippen LogP) is -0.0607. The number of hydrogen-bond donors (Lipinski definition) is 1. The van der Waals surface area contributed by atoms with Gasteiger partial charge in [-0.2, -0.15) is 0 Å². The van der Waals surface area contributed by atoms with E-state index in [0.29, 0.717) is 39.3 Å². The zero-order chi connectivity index (χ0) is 15.5. The summed E-state index contributed by atoms with van der Waals surface area (Å²) < 4.78 is 5.28. The molecule has 0 aliphatic carbocycles. The van der Waals surface area contributed by atoms with Crippen LogP contribution in [0.1, 0.15) is 20.3 Å². The number of hydrogen-bond acceptors (Lipinski definition) is 4. The summed E-state index contributed by atoms with van der Waals surface area (Å²) in [7, 11) is 1.65. The van der Waals surface area contributed by atoms with Crippen LogP contribution in [0.2, 0.25) is 0 Å². The van der Waals surface area contributed by atoms with Crippen LogP contribution in [0, 0.1) is 11.3 Å². The normalized spacial score (nSPS) is 26.5. The van der Waals surface area contributed by atoms with E-state index in [1.165, 1.54) is 0 Å². The van der Waals surface area contributed by atoms with Crippen molar-refractivity contribution in [2.45, 2.75) is 20.3 Å². The average molecular weight is 297 g/mol. The van der Waals surface area contributed by atoms with Crippen molar-refractivity contribution in [3.8, 4) is 0 Å². The lowest BCUT2D eigenvalue weighted by Crippen LogP contribution is -2.56. The van der Waals surface area contributed by atoms with Crippen LogP contribution in [0.25, 0.3) is 0 Å². The van der Waals surface area contributed by atoms with Gasteiger partial charge in [0.2, 0.25) is 11.8 Å². The van der Waals surface area contributed by atoms with Gasteiger partial charge in [-0.25, -0.2) is 0 Å². The van der Waals surface area contributed by atoms with Gasteiger partial charge in [-0.1, -0.05) is 13.8 Å². The van der Waals surface area contributed by atoms with E-state index in [4.69, 9.17) is 4.74 Å². The van der Waals surface area contributed by atoms with E-state index >= 15 is 0 Å². The minimum atomic E-state index is -0.418. The first-order valence-corrected chi connectivity index (χ1v) is 7.78. The van der Waals surface area contributed by atoms with E-state index in [0.717, 1.165) is 13.0 Å². The molecule has 2 aliphatic heterocycles. The van der Waals surface area contributed by atoms with E-state index in [9.17, 15) is 9.59 Å². The number of nitrogens with zero attached hydrogens (tertiary/aromatic N) is 2. The Morgan fingerprint density at radius 2 is 1.81 bits per heavy atom. The van der Waals surface area contributed by atoms with Gasteiger partial charge in [0.15, 0.2) is 0 Å². The standard InChI is InChI=1S/C15H27N3O3/c1-12(2)13(19)17-6-8-18(9-7-17)14(20)15(11-21-3)4-5-16-10-15/h12,16H,4-11H2,1-3H3. The van der Waals surface area contributed by atoms with E-state index in [1.807, 2.05) is 23.6 Å². The molecule has 0 aromatic rings. The van der Waals surface area contributed by atoms with E-state index < -0.39 is 5.41 Å². The van der Waals surface area contributed by atoms with Crippen molar-refractivity contribution < 1.29 is 14.3 Å². The van der Waals surface area contributed by atoms with Crippen molar-refractivity contribution in [1.29, 1.82) is 0 Å². The molecule has 6 heteroatoms. The van der Waals surface area contributed by atoms with Crippen LogP contribution in [0.3, 0.4) is 0 Å². The van der Waals surface area contributed by atoms with Crippen molar-refractivity contribution in [3.05, 3.63) is 0 Å². The van der Waals surface area contributed by atoms with E-state index in [1.54, 1.807) is 7.11 Å². The average Bonchev–Trinajstić information content (AvgIpc) is 2.96. The van der Waals surface area contributed by atoms with Gasteiger partial charge >= 0.3 is 0 Å². The van der Waals surface area contributed by atoms with Crippen LogP contribution in [0.5, 0.6) is 0 Å². The van der Waals surface area contributed by atoms with Gasteiger partial charge in [0, 0.05) is 45.8 Å². The number of carbonyl (C=O) groups is 2. The summed E-state index contributed by atoms with van der Waals surface area (Å²) in [5, 5.41) is 3.27.